The summed E-state index contributed by atoms with van der Waals surface area (Å²) < 4.78 is 0. The molecule has 56 valence electrons. The zero-order valence-electron chi connectivity index (χ0n) is 6.50. The lowest BCUT2D eigenvalue weighted by Crippen LogP contribution is -1.85. The van der Waals surface area contributed by atoms with Gasteiger partial charge in [-0.3, -0.25) is 0 Å². The first-order chi connectivity index (χ1) is 5.29. The topological polar surface area (TPSA) is 0 Å². The molecule has 1 unspecified atom stereocenters. The summed E-state index contributed by atoms with van der Waals surface area (Å²) in [5.74, 6) is 0.538. The Kier molecular flexibility index (Phi) is 1.53. The SMILES string of the molecule is C=C1Sc2ccccc2C1C. The fraction of sp³-hybridized carbons (Fsp3) is 0.200. The molecule has 1 aromatic carbocycles. The Morgan fingerprint density at radius 2 is 2.09 bits per heavy atom. The molecule has 0 amide bonds. The van der Waals surface area contributed by atoms with Crippen molar-refractivity contribution in [1.82, 2.24) is 0 Å². The van der Waals surface area contributed by atoms with Gasteiger partial charge in [0.15, 0.2) is 0 Å². The fourth-order valence-electron chi connectivity index (χ4n) is 1.33. The van der Waals surface area contributed by atoms with E-state index in [-0.39, 0.29) is 0 Å². The van der Waals surface area contributed by atoms with E-state index in [1.165, 1.54) is 15.4 Å². The summed E-state index contributed by atoms with van der Waals surface area (Å²) in [6.45, 7) is 6.22. The molecule has 0 nitrogen and oxygen atoms in total. The summed E-state index contributed by atoms with van der Waals surface area (Å²) in [6.07, 6.45) is 0. The van der Waals surface area contributed by atoms with Gasteiger partial charge in [-0.15, -0.1) is 0 Å². The molecule has 1 aromatic rings. The summed E-state index contributed by atoms with van der Waals surface area (Å²) >= 11 is 1.80. The van der Waals surface area contributed by atoms with Crippen molar-refractivity contribution in [3.05, 3.63) is 41.3 Å². The van der Waals surface area contributed by atoms with Crippen molar-refractivity contribution in [3.63, 3.8) is 0 Å². The Morgan fingerprint density at radius 1 is 1.36 bits per heavy atom. The monoisotopic (exact) mass is 162 g/mol. The highest BCUT2D eigenvalue weighted by atomic mass is 32.2. The lowest BCUT2D eigenvalue weighted by molar-refractivity contribution is 0.947. The first-order valence-corrected chi connectivity index (χ1v) is 4.56. The molecule has 0 aliphatic carbocycles. The minimum atomic E-state index is 0.538. The second kappa shape index (κ2) is 2.42. The van der Waals surface area contributed by atoms with Gasteiger partial charge < -0.3 is 0 Å². The van der Waals surface area contributed by atoms with Gasteiger partial charge in [-0.25, -0.2) is 0 Å². The molecule has 0 radical (unpaired) electrons. The molecule has 0 N–H and O–H groups in total. The second-order valence-electron chi connectivity index (χ2n) is 2.83. The fourth-order valence-corrected chi connectivity index (χ4v) is 2.43. The van der Waals surface area contributed by atoms with Crippen molar-refractivity contribution in [2.45, 2.75) is 17.7 Å². The smallest absolute Gasteiger partial charge is 0.0157 e. The molecule has 0 spiro atoms. The number of hydrogen-bond donors (Lipinski definition) is 0. The number of fused-ring (bicyclic) bond motifs is 1. The third-order valence-corrected chi connectivity index (χ3v) is 3.32. The number of allylic oxidation sites excluding steroid dienone is 1. The average molecular weight is 162 g/mol. The normalized spacial score (nSPS) is 21.9. The van der Waals surface area contributed by atoms with Crippen LogP contribution in [0.5, 0.6) is 0 Å². The first-order valence-electron chi connectivity index (χ1n) is 3.74. The van der Waals surface area contributed by atoms with Crippen LogP contribution in [0.2, 0.25) is 0 Å². The molecule has 0 saturated carbocycles. The van der Waals surface area contributed by atoms with E-state index >= 15 is 0 Å². The Hall–Kier alpha value is -0.690. The standard InChI is InChI=1S/C10H10S/c1-7-8(2)11-10-6-4-3-5-9(7)10/h3-7H,2H2,1H3. The minimum Gasteiger partial charge on any atom is -0.0942 e. The molecule has 1 aliphatic heterocycles. The zero-order valence-corrected chi connectivity index (χ0v) is 7.32. The van der Waals surface area contributed by atoms with E-state index in [1.54, 1.807) is 11.8 Å². The van der Waals surface area contributed by atoms with Crippen LogP contribution in [-0.2, 0) is 0 Å². The van der Waals surface area contributed by atoms with Gasteiger partial charge in [0.25, 0.3) is 0 Å². The number of thioether (sulfide) groups is 1. The van der Waals surface area contributed by atoms with Crippen molar-refractivity contribution < 1.29 is 0 Å². The van der Waals surface area contributed by atoms with Crippen molar-refractivity contribution >= 4 is 11.8 Å². The Balaban J connectivity index is 2.55. The van der Waals surface area contributed by atoms with Crippen LogP contribution in [0.4, 0.5) is 0 Å². The highest BCUT2D eigenvalue weighted by molar-refractivity contribution is 8.03. The molecule has 0 bridgehead atoms. The van der Waals surface area contributed by atoms with Crippen molar-refractivity contribution in [1.29, 1.82) is 0 Å². The first kappa shape index (κ1) is 6.99. The molecule has 2 rings (SSSR count). The third-order valence-electron chi connectivity index (χ3n) is 2.11. The van der Waals surface area contributed by atoms with Crippen LogP contribution in [0.15, 0.2) is 40.6 Å². The molecule has 0 saturated heterocycles. The van der Waals surface area contributed by atoms with Crippen LogP contribution in [0.25, 0.3) is 0 Å². The van der Waals surface area contributed by atoms with Gasteiger partial charge in [-0.05, 0) is 16.5 Å². The average Bonchev–Trinajstić information content (AvgIpc) is 2.30. The van der Waals surface area contributed by atoms with E-state index < -0.39 is 0 Å². The summed E-state index contributed by atoms with van der Waals surface area (Å²) in [5, 5.41) is 0. The largest absolute Gasteiger partial charge is 0.0942 e. The molecule has 1 heteroatoms. The predicted octanol–water partition coefficient (Wildman–Crippen LogP) is 3.41. The lowest BCUT2D eigenvalue weighted by Gasteiger charge is -2.01. The van der Waals surface area contributed by atoms with E-state index in [4.69, 9.17) is 0 Å². The molecular weight excluding hydrogens is 152 g/mol. The summed E-state index contributed by atoms with van der Waals surface area (Å²) in [6, 6.07) is 8.52. The lowest BCUT2D eigenvalue weighted by atomic mass is 10.0. The summed E-state index contributed by atoms with van der Waals surface area (Å²) in [4.78, 5) is 2.65. The van der Waals surface area contributed by atoms with Crippen LogP contribution < -0.4 is 0 Å². The molecule has 1 aliphatic rings. The number of benzene rings is 1. The summed E-state index contributed by atoms with van der Waals surface area (Å²) in [7, 11) is 0. The maximum absolute atomic E-state index is 4.01. The van der Waals surface area contributed by atoms with Crippen LogP contribution in [0, 0.1) is 0 Å². The highest BCUT2D eigenvalue weighted by Gasteiger charge is 2.21. The summed E-state index contributed by atoms with van der Waals surface area (Å²) in [5.41, 5.74) is 1.43. The Morgan fingerprint density at radius 3 is 2.82 bits per heavy atom. The molecule has 1 atom stereocenters. The van der Waals surface area contributed by atoms with Gasteiger partial charge in [0.1, 0.15) is 0 Å². The quantitative estimate of drug-likeness (QED) is 0.563. The maximum Gasteiger partial charge on any atom is 0.0157 e. The second-order valence-corrected chi connectivity index (χ2v) is 4.00. The number of hydrogen-bond acceptors (Lipinski definition) is 1. The highest BCUT2D eigenvalue weighted by Crippen LogP contribution is 2.46. The molecule has 0 aromatic heterocycles. The van der Waals surface area contributed by atoms with Crippen molar-refractivity contribution in [3.8, 4) is 0 Å². The van der Waals surface area contributed by atoms with E-state index in [1.807, 2.05) is 0 Å². The van der Waals surface area contributed by atoms with Gasteiger partial charge in [-0.2, -0.15) is 0 Å². The van der Waals surface area contributed by atoms with E-state index in [9.17, 15) is 0 Å². The molecular formula is C10H10S. The molecule has 11 heavy (non-hydrogen) atoms. The van der Waals surface area contributed by atoms with E-state index in [0.717, 1.165) is 0 Å². The Labute approximate surface area is 71.3 Å². The van der Waals surface area contributed by atoms with Crippen molar-refractivity contribution in [2.24, 2.45) is 0 Å². The van der Waals surface area contributed by atoms with Crippen LogP contribution in [0.3, 0.4) is 0 Å². The minimum absolute atomic E-state index is 0.538. The Bertz CT molecular complexity index is 301. The van der Waals surface area contributed by atoms with Crippen LogP contribution >= 0.6 is 11.8 Å². The predicted molar refractivity (Wildman–Crippen MR) is 49.9 cm³/mol. The number of rotatable bonds is 0. The van der Waals surface area contributed by atoms with Gasteiger partial charge in [0.2, 0.25) is 0 Å². The van der Waals surface area contributed by atoms with Gasteiger partial charge >= 0.3 is 0 Å². The van der Waals surface area contributed by atoms with Crippen LogP contribution in [-0.4, -0.2) is 0 Å². The zero-order chi connectivity index (χ0) is 7.84. The molecule has 1 heterocycles. The van der Waals surface area contributed by atoms with Crippen LogP contribution in [0.1, 0.15) is 18.4 Å². The van der Waals surface area contributed by atoms with Crippen molar-refractivity contribution in [2.75, 3.05) is 0 Å². The third kappa shape index (κ3) is 1.000. The van der Waals surface area contributed by atoms with Gasteiger partial charge in [0, 0.05) is 10.8 Å². The van der Waals surface area contributed by atoms with E-state index in [0.29, 0.717) is 5.92 Å². The van der Waals surface area contributed by atoms with E-state index in [2.05, 4.69) is 37.8 Å². The van der Waals surface area contributed by atoms with Gasteiger partial charge in [-0.1, -0.05) is 43.5 Å². The molecule has 0 fully saturated rings. The maximum atomic E-state index is 4.01. The van der Waals surface area contributed by atoms with Gasteiger partial charge in [0.05, 0.1) is 0 Å².